The van der Waals surface area contributed by atoms with Gasteiger partial charge in [-0.15, -0.1) is 11.3 Å². The number of aromatic nitrogens is 1. The highest BCUT2D eigenvalue weighted by molar-refractivity contribution is 7.89. The number of carbonyl (C=O) groups excluding carboxylic acids is 1. The molecule has 8 nitrogen and oxygen atoms in total. The maximum Gasteiger partial charge on any atom is 0.250 e. The standard InChI is InChI=1S/C25H27N3O5S2/c1-32-20-10-8-19(9-11-20)21-17-34-25(26-21)27-24(29)13-7-18-6-12-22(33-2)23(16-18)35(30,31)28-14-4-3-5-15-28/h6-13,16-17H,3-5,14-15H2,1-2H3,(H,26,27,29)/b13-7+. The van der Waals surface area contributed by atoms with Gasteiger partial charge in [-0.1, -0.05) is 12.5 Å². The number of ether oxygens (including phenoxy) is 2. The van der Waals surface area contributed by atoms with E-state index in [0.29, 0.717) is 23.8 Å². The third-order valence-corrected chi connectivity index (χ3v) is 8.35. The first-order valence-electron chi connectivity index (χ1n) is 11.2. The highest BCUT2D eigenvalue weighted by atomic mass is 32.2. The Labute approximate surface area is 209 Å². The molecule has 1 aliphatic rings. The van der Waals surface area contributed by atoms with Crippen molar-refractivity contribution in [1.82, 2.24) is 9.29 Å². The van der Waals surface area contributed by atoms with Crippen molar-refractivity contribution in [3.63, 3.8) is 0 Å². The van der Waals surface area contributed by atoms with Crippen LogP contribution in [0.1, 0.15) is 24.8 Å². The number of hydrogen-bond donors (Lipinski definition) is 1. The number of nitrogens with one attached hydrogen (secondary N) is 1. The average molecular weight is 514 g/mol. The molecule has 0 bridgehead atoms. The molecule has 184 valence electrons. The molecule has 1 saturated heterocycles. The highest BCUT2D eigenvalue weighted by Crippen LogP contribution is 2.30. The minimum Gasteiger partial charge on any atom is -0.497 e. The van der Waals surface area contributed by atoms with Gasteiger partial charge < -0.3 is 9.47 Å². The molecule has 0 aliphatic carbocycles. The molecule has 0 atom stereocenters. The van der Waals surface area contributed by atoms with Crippen LogP contribution in [0.2, 0.25) is 0 Å². The normalized spacial score (nSPS) is 14.7. The maximum atomic E-state index is 13.2. The van der Waals surface area contributed by atoms with E-state index in [1.807, 2.05) is 29.6 Å². The molecular formula is C25H27N3O5S2. The maximum absolute atomic E-state index is 13.2. The molecule has 3 aromatic rings. The van der Waals surface area contributed by atoms with Gasteiger partial charge in [0.25, 0.3) is 0 Å². The van der Waals surface area contributed by atoms with Crippen molar-refractivity contribution in [3.8, 4) is 22.8 Å². The molecule has 0 radical (unpaired) electrons. The van der Waals surface area contributed by atoms with E-state index >= 15 is 0 Å². The van der Waals surface area contributed by atoms with Crippen molar-refractivity contribution in [3.05, 3.63) is 59.5 Å². The summed E-state index contributed by atoms with van der Waals surface area (Å²) in [5, 5.41) is 5.08. The Kier molecular flexibility index (Phi) is 7.84. The first-order valence-corrected chi connectivity index (χ1v) is 13.5. The SMILES string of the molecule is COc1ccc(-c2csc(NC(=O)/C=C/c3ccc(OC)c(S(=O)(=O)N4CCCCC4)c3)n2)cc1. The first-order chi connectivity index (χ1) is 16.9. The van der Waals surface area contributed by atoms with Gasteiger partial charge in [0.05, 0.1) is 19.9 Å². The largest absolute Gasteiger partial charge is 0.497 e. The Hall–Kier alpha value is -3.21. The fraction of sp³-hybridized carbons (Fsp3) is 0.280. The zero-order chi connectivity index (χ0) is 24.8. The predicted molar refractivity (Wildman–Crippen MR) is 137 cm³/mol. The van der Waals surface area contributed by atoms with Crippen LogP contribution in [0.15, 0.2) is 58.8 Å². The van der Waals surface area contributed by atoms with Gasteiger partial charge in [-0.05, 0) is 60.9 Å². The highest BCUT2D eigenvalue weighted by Gasteiger charge is 2.29. The molecule has 1 amide bonds. The van der Waals surface area contributed by atoms with E-state index in [9.17, 15) is 13.2 Å². The van der Waals surface area contributed by atoms with Gasteiger partial charge in [0.2, 0.25) is 15.9 Å². The molecule has 1 N–H and O–H groups in total. The number of carbonyl (C=O) groups is 1. The second-order valence-corrected chi connectivity index (χ2v) is 10.7. The van der Waals surface area contributed by atoms with Crippen LogP contribution in [-0.4, -0.2) is 50.9 Å². The molecule has 0 spiro atoms. The molecular weight excluding hydrogens is 486 g/mol. The molecule has 1 aromatic heterocycles. The summed E-state index contributed by atoms with van der Waals surface area (Å²) in [6.45, 7) is 1.00. The number of benzene rings is 2. The fourth-order valence-electron chi connectivity index (χ4n) is 3.79. The third kappa shape index (κ3) is 5.90. The summed E-state index contributed by atoms with van der Waals surface area (Å²) < 4.78 is 38.3. The Bertz CT molecular complexity index is 1310. The molecule has 0 saturated carbocycles. The van der Waals surface area contributed by atoms with Crippen molar-refractivity contribution < 1.29 is 22.7 Å². The van der Waals surface area contributed by atoms with Gasteiger partial charge >= 0.3 is 0 Å². The van der Waals surface area contributed by atoms with E-state index in [1.165, 1.54) is 34.9 Å². The van der Waals surface area contributed by atoms with Gasteiger partial charge in [0.15, 0.2) is 5.13 Å². The van der Waals surface area contributed by atoms with E-state index in [2.05, 4.69) is 10.3 Å². The van der Waals surface area contributed by atoms with Crippen LogP contribution in [0.4, 0.5) is 5.13 Å². The zero-order valence-corrected chi connectivity index (χ0v) is 21.2. The van der Waals surface area contributed by atoms with Crippen molar-refractivity contribution in [2.24, 2.45) is 0 Å². The fourth-order valence-corrected chi connectivity index (χ4v) is 6.22. The van der Waals surface area contributed by atoms with E-state index < -0.39 is 10.0 Å². The number of hydrogen-bond acceptors (Lipinski definition) is 7. The molecule has 2 aromatic carbocycles. The van der Waals surface area contributed by atoms with Gasteiger partial charge in [-0.3, -0.25) is 10.1 Å². The summed E-state index contributed by atoms with van der Waals surface area (Å²) >= 11 is 1.32. The number of anilines is 1. The number of amides is 1. The van der Waals surface area contributed by atoms with Crippen molar-refractivity contribution in [2.75, 3.05) is 32.6 Å². The molecule has 10 heteroatoms. The van der Waals surface area contributed by atoms with Crippen LogP contribution >= 0.6 is 11.3 Å². The molecule has 4 rings (SSSR count). The van der Waals surface area contributed by atoms with Crippen LogP contribution in [0, 0.1) is 0 Å². The van der Waals surface area contributed by atoms with Gasteiger partial charge in [0, 0.05) is 30.1 Å². The predicted octanol–water partition coefficient (Wildman–Crippen LogP) is 4.65. The van der Waals surface area contributed by atoms with Crippen molar-refractivity contribution in [2.45, 2.75) is 24.2 Å². The molecule has 35 heavy (non-hydrogen) atoms. The second-order valence-electron chi connectivity index (χ2n) is 7.96. The Morgan fingerprint density at radius 2 is 1.80 bits per heavy atom. The lowest BCUT2D eigenvalue weighted by atomic mass is 10.2. The van der Waals surface area contributed by atoms with Crippen molar-refractivity contribution in [1.29, 1.82) is 0 Å². The van der Waals surface area contributed by atoms with E-state index in [0.717, 1.165) is 36.3 Å². The number of piperidine rings is 1. The minimum atomic E-state index is -3.68. The number of methoxy groups -OCH3 is 2. The average Bonchev–Trinajstić information content (AvgIpc) is 3.36. The van der Waals surface area contributed by atoms with E-state index in [4.69, 9.17) is 9.47 Å². The summed E-state index contributed by atoms with van der Waals surface area (Å²) in [7, 11) is -0.628. The number of rotatable bonds is 8. The summed E-state index contributed by atoms with van der Waals surface area (Å²) in [5.41, 5.74) is 2.24. The summed E-state index contributed by atoms with van der Waals surface area (Å²) in [4.78, 5) is 17.0. The summed E-state index contributed by atoms with van der Waals surface area (Å²) in [6.07, 6.45) is 5.65. The molecule has 2 heterocycles. The smallest absolute Gasteiger partial charge is 0.250 e. The molecule has 0 unspecified atom stereocenters. The summed E-state index contributed by atoms with van der Waals surface area (Å²) in [5.74, 6) is 0.677. The molecule has 1 aliphatic heterocycles. The van der Waals surface area contributed by atoms with Crippen LogP contribution in [0.3, 0.4) is 0 Å². The number of sulfonamides is 1. The van der Waals surface area contributed by atoms with Gasteiger partial charge in [-0.2, -0.15) is 4.31 Å². The lowest BCUT2D eigenvalue weighted by Gasteiger charge is -2.26. The van der Waals surface area contributed by atoms with Crippen LogP contribution in [0.5, 0.6) is 11.5 Å². The van der Waals surface area contributed by atoms with E-state index in [1.54, 1.807) is 25.3 Å². The number of thiazole rings is 1. The Morgan fingerprint density at radius 3 is 2.49 bits per heavy atom. The second kappa shape index (κ2) is 11.0. The topological polar surface area (TPSA) is 97.8 Å². The lowest BCUT2D eigenvalue weighted by molar-refractivity contribution is -0.111. The Morgan fingerprint density at radius 1 is 1.06 bits per heavy atom. The first kappa shape index (κ1) is 24.9. The van der Waals surface area contributed by atoms with Gasteiger partial charge in [0.1, 0.15) is 16.4 Å². The monoisotopic (exact) mass is 513 g/mol. The quantitative estimate of drug-likeness (QED) is 0.440. The Balaban J connectivity index is 1.46. The number of nitrogens with zero attached hydrogens (tertiary/aromatic N) is 2. The summed E-state index contributed by atoms with van der Waals surface area (Å²) in [6, 6.07) is 12.4. The lowest BCUT2D eigenvalue weighted by Crippen LogP contribution is -2.35. The van der Waals surface area contributed by atoms with Gasteiger partial charge in [-0.25, -0.2) is 13.4 Å². The molecule has 1 fully saturated rings. The minimum absolute atomic E-state index is 0.105. The van der Waals surface area contributed by atoms with Crippen molar-refractivity contribution >= 4 is 38.5 Å². The third-order valence-electron chi connectivity index (χ3n) is 5.67. The van der Waals surface area contributed by atoms with Crippen LogP contribution < -0.4 is 14.8 Å². The van der Waals surface area contributed by atoms with E-state index in [-0.39, 0.29) is 16.6 Å². The zero-order valence-electron chi connectivity index (χ0n) is 19.6. The van der Waals surface area contributed by atoms with Crippen LogP contribution in [0.25, 0.3) is 17.3 Å². The van der Waals surface area contributed by atoms with Crippen LogP contribution in [-0.2, 0) is 14.8 Å².